The number of nitrogens with one attached hydrogen (secondary N) is 1. The Hall–Kier alpha value is -3.86. The van der Waals surface area contributed by atoms with E-state index in [0.717, 1.165) is 47.8 Å². The van der Waals surface area contributed by atoms with Crippen LogP contribution >= 0.6 is 0 Å². The first kappa shape index (κ1) is 22.0. The number of nitrogens with zero attached hydrogens (tertiary/aromatic N) is 2. The Bertz CT molecular complexity index is 1290. The molecule has 0 radical (unpaired) electrons. The molecule has 5 heteroatoms. The van der Waals surface area contributed by atoms with E-state index in [1.165, 1.54) is 6.42 Å². The van der Waals surface area contributed by atoms with Gasteiger partial charge in [0.2, 0.25) is 11.8 Å². The number of aromatic nitrogens is 1. The van der Waals surface area contributed by atoms with Gasteiger partial charge in [-0.25, -0.2) is 0 Å². The molecule has 1 fully saturated rings. The van der Waals surface area contributed by atoms with E-state index in [4.69, 9.17) is 0 Å². The summed E-state index contributed by atoms with van der Waals surface area (Å²) in [6, 6.07) is 26.6. The molecule has 1 saturated carbocycles. The minimum Gasteiger partial charge on any atom is -0.494 e. The molecule has 1 unspecified atom stereocenters. The van der Waals surface area contributed by atoms with Gasteiger partial charge < -0.3 is 10.4 Å². The Labute approximate surface area is 199 Å². The molecule has 1 aliphatic carbocycles. The predicted octanol–water partition coefficient (Wildman–Crippen LogP) is 6.14. The van der Waals surface area contributed by atoms with Gasteiger partial charge in [-0.1, -0.05) is 86.0 Å². The Kier molecular flexibility index (Phi) is 6.43. The summed E-state index contributed by atoms with van der Waals surface area (Å²) < 4.78 is 1.75. The van der Waals surface area contributed by atoms with E-state index in [9.17, 15) is 9.90 Å². The SMILES string of the molecule is O=C(NC1CCCCC1)C(c1ccccc1)n1c(O)c(C=Nc2ccccc2)c2ccccc21. The number of carbonyl (C=O) groups excluding carboxylic acids is 1. The lowest BCUT2D eigenvalue weighted by atomic mass is 9.95. The fourth-order valence-electron chi connectivity index (χ4n) is 4.90. The summed E-state index contributed by atoms with van der Waals surface area (Å²) >= 11 is 0. The first-order chi connectivity index (χ1) is 16.7. The molecule has 4 aromatic rings. The molecule has 3 aromatic carbocycles. The fraction of sp³-hybridized carbons (Fsp3) is 0.241. The van der Waals surface area contributed by atoms with E-state index in [-0.39, 0.29) is 17.8 Å². The van der Waals surface area contributed by atoms with Crippen LogP contribution in [-0.4, -0.2) is 27.8 Å². The molecule has 34 heavy (non-hydrogen) atoms. The molecular formula is C29H29N3O2. The average Bonchev–Trinajstić information content (AvgIpc) is 3.16. The maximum Gasteiger partial charge on any atom is 0.248 e. The van der Waals surface area contributed by atoms with E-state index in [0.29, 0.717) is 5.56 Å². The molecule has 5 nitrogen and oxygen atoms in total. The van der Waals surface area contributed by atoms with Crippen molar-refractivity contribution in [1.29, 1.82) is 0 Å². The summed E-state index contributed by atoms with van der Waals surface area (Å²) in [5, 5.41) is 15.6. The highest BCUT2D eigenvalue weighted by atomic mass is 16.3. The first-order valence-corrected chi connectivity index (χ1v) is 12.0. The quantitative estimate of drug-likeness (QED) is 0.346. The highest BCUT2D eigenvalue weighted by Gasteiger charge is 2.30. The van der Waals surface area contributed by atoms with Crippen LogP contribution in [0.2, 0.25) is 0 Å². The highest BCUT2D eigenvalue weighted by molar-refractivity contribution is 6.04. The molecule has 1 amide bonds. The van der Waals surface area contributed by atoms with Crippen molar-refractivity contribution in [2.45, 2.75) is 44.2 Å². The maximum absolute atomic E-state index is 13.7. The molecule has 5 rings (SSSR count). The van der Waals surface area contributed by atoms with Gasteiger partial charge >= 0.3 is 0 Å². The maximum atomic E-state index is 13.7. The number of benzene rings is 3. The molecule has 1 aromatic heterocycles. The zero-order valence-corrected chi connectivity index (χ0v) is 19.1. The molecule has 2 N–H and O–H groups in total. The summed E-state index contributed by atoms with van der Waals surface area (Å²) in [5.74, 6) is -0.0609. The van der Waals surface area contributed by atoms with Gasteiger partial charge in [0, 0.05) is 17.6 Å². The third-order valence-corrected chi connectivity index (χ3v) is 6.60. The van der Waals surface area contributed by atoms with E-state index in [1.807, 2.05) is 84.9 Å². The highest BCUT2D eigenvalue weighted by Crippen LogP contribution is 2.36. The number of hydrogen-bond donors (Lipinski definition) is 2. The van der Waals surface area contributed by atoms with Crippen LogP contribution in [0.15, 0.2) is 89.9 Å². The number of hydrogen-bond acceptors (Lipinski definition) is 3. The third kappa shape index (κ3) is 4.46. The van der Waals surface area contributed by atoms with Crippen molar-refractivity contribution in [2.75, 3.05) is 0 Å². The topological polar surface area (TPSA) is 66.6 Å². The number of rotatable bonds is 6. The molecule has 1 heterocycles. The molecule has 0 bridgehead atoms. The van der Waals surface area contributed by atoms with Crippen LogP contribution in [0.25, 0.3) is 10.9 Å². The normalized spacial score (nSPS) is 15.5. The summed E-state index contributed by atoms with van der Waals surface area (Å²) in [5.41, 5.74) is 3.03. The van der Waals surface area contributed by atoms with Gasteiger partial charge in [0.05, 0.1) is 16.8 Å². The molecule has 0 saturated heterocycles. The van der Waals surface area contributed by atoms with E-state index in [2.05, 4.69) is 10.3 Å². The van der Waals surface area contributed by atoms with Crippen molar-refractivity contribution in [1.82, 2.24) is 9.88 Å². The van der Waals surface area contributed by atoms with Crippen LogP contribution in [-0.2, 0) is 4.79 Å². The lowest BCUT2D eigenvalue weighted by molar-refractivity contribution is -0.124. The van der Waals surface area contributed by atoms with Gasteiger partial charge in [0.25, 0.3) is 0 Å². The number of para-hydroxylation sites is 2. The zero-order valence-electron chi connectivity index (χ0n) is 19.1. The van der Waals surface area contributed by atoms with Crippen LogP contribution in [0.5, 0.6) is 5.88 Å². The number of amides is 1. The second kappa shape index (κ2) is 9.96. The van der Waals surface area contributed by atoms with Gasteiger partial charge in [-0.15, -0.1) is 0 Å². The number of aromatic hydroxyl groups is 1. The van der Waals surface area contributed by atoms with Gasteiger partial charge in [-0.3, -0.25) is 14.4 Å². The third-order valence-electron chi connectivity index (χ3n) is 6.60. The molecular weight excluding hydrogens is 422 g/mol. The van der Waals surface area contributed by atoms with Gasteiger partial charge in [0.1, 0.15) is 6.04 Å². The number of carbonyl (C=O) groups is 1. The van der Waals surface area contributed by atoms with Crippen LogP contribution in [0.1, 0.15) is 49.3 Å². The fourth-order valence-corrected chi connectivity index (χ4v) is 4.90. The van der Waals surface area contributed by atoms with Crippen LogP contribution in [0, 0.1) is 0 Å². The van der Waals surface area contributed by atoms with Crippen molar-refractivity contribution < 1.29 is 9.90 Å². The Morgan fingerprint density at radius 1 is 0.912 bits per heavy atom. The Morgan fingerprint density at radius 3 is 2.29 bits per heavy atom. The predicted molar refractivity (Wildman–Crippen MR) is 137 cm³/mol. The van der Waals surface area contributed by atoms with Crippen molar-refractivity contribution in [3.8, 4) is 5.88 Å². The van der Waals surface area contributed by atoms with Crippen LogP contribution < -0.4 is 5.32 Å². The molecule has 1 atom stereocenters. The minimum absolute atomic E-state index is 0.0357. The molecule has 172 valence electrons. The Balaban J connectivity index is 1.61. The standard InChI is InChI=1S/C29H29N3O2/c33-28(31-23-16-8-3-9-17-23)27(21-12-4-1-5-13-21)32-26-19-11-10-18-24(26)25(29(32)34)20-30-22-14-6-2-7-15-22/h1-2,4-7,10-15,18-20,23,27,34H,3,8-9,16-17H2,(H,31,33). The minimum atomic E-state index is -0.688. The lowest BCUT2D eigenvalue weighted by Crippen LogP contribution is -2.41. The largest absolute Gasteiger partial charge is 0.494 e. The van der Waals surface area contributed by atoms with Gasteiger partial charge in [0.15, 0.2) is 0 Å². The van der Waals surface area contributed by atoms with Crippen molar-refractivity contribution in [3.05, 3.63) is 96.1 Å². The summed E-state index contributed by atoms with van der Waals surface area (Å²) in [4.78, 5) is 18.3. The molecule has 0 spiro atoms. The average molecular weight is 452 g/mol. The van der Waals surface area contributed by atoms with E-state index < -0.39 is 6.04 Å². The van der Waals surface area contributed by atoms with Crippen molar-refractivity contribution >= 4 is 28.7 Å². The number of aliphatic imine (C=N–C) groups is 1. The number of fused-ring (bicyclic) bond motifs is 1. The first-order valence-electron chi connectivity index (χ1n) is 12.0. The Morgan fingerprint density at radius 2 is 1.56 bits per heavy atom. The zero-order chi connectivity index (χ0) is 23.3. The van der Waals surface area contributed by atoms with E-state index >= 15 is 0 Å². The second-order valence-electron chi connectivity index (χ2n) is 8.87. The van der Waals surface area contributed by atoms with Crippen LogP contribution in [0.3, 0.4) is 0 Å². The van der Waals surface area contributed by atoms with Gasteiger partial charge in [-0.2, -0.15) is 0 Å². The summed E-state index contributed by atoms with van der Waals surface area (Å²) in [6.45, 7) is 0. The van der Waals surface area contributed by atoms with E-state index in [1.54, 1.807) is 10.8 Å². The summed E-state index contributed by atoms with van der Waals surface area (Å²) in [7, 11) is 0. The second-order valence-corrected chi connectivity index (χ2v) is 8.87. The molecule has 0 aliphatic heterocycles. The van der Waals surface area contributed by atoms with Crippen LogP contribution in [0.4, 0.5) is 5.69 Å². The lowest BCUT2D eigenvalue weighted by Gasteiger charge is -2.27. The smallest absolute Gasteiger partial charge is 0.248 e. The summed E-state index contributed by atoms with van der Waals surface area (Å²) in [6.07, 6.45) is 7.19. The van der Waals surface area contributed by atoms with Crippen molar-refractivity contribution in [3.63, 3.8) is 0 Å². The monoisotopic (exact) mass is 451 g/mol. The van der Waals surface area contributed by atoms with Crippen molar-refractivity contribution in [2.24, 2.45) is 4.99 Å². The van der Waals surface area contributed by atoms with Gasteiger partial charge in [-0.05, 0) is 36.6 Å². The molecule has 1 aliphatic rings.